The van der Waals surface area contributed by atoms with Crippen LogP contribution in [0.2, 0.25) is 0 Å². The number of halogens is 1. The summed E-state index contributed by atoms with van der Waals surface area (Å²) >= 11 is 1.53. The van der Waals surface area contributed by atoms with Gasteiger partial charge in [-0.15, -0.1) is 11.8 Å². The van der Waals surface area contributed by atoms with Crippen molar-refractivity contribution in [1.29, 1.82) is 0 Å². The topological polar surface area (TPSA) is 38.3 Å². The van der Waals surface area contributed by atoms with E-state index in [0.717, 1.165) is 22.6 Å². The number of carbonyl (C=O) groups is 1. The fraction of sp³-hybridized carbons (Fsp3) is 0.316. The van der Waals surface area contributed by atoms with Crippen molar-refractivity contribution in [2.24, 2.45) is 0 Å². The number of rotatable bonds is 8. The van der Waals surface area contributed by atoms with Gasteiger partial charge in [0, 0.05) is 5.75 Å². The molecule has 2 aromatic rings. The molecule has 1 N–H and O–H groups in total. The molecule has 0 saturated carbocycles. The molecule has 2 aromatic carbocycles. The minimum absolute atomic E-state index is 0.0345. The molecule has 0 aromatic heterocycles. The van der Waals surface area contributed by atoms with Crippen molar-refractivity contribution in [2.45, 2.75) is 19.9 Å². The molecule has 0 bridgehead atoms. The number of aryl methyl sites for hydroxylation is 1. The average molecular weight is 347 g/mol. The number of carbonyl (C=O) groups excluding carboxylic acids is 1. The molecule has 0 radical (unpaired) electrons. The molecule has 0 aliphatic rings. The molecular formula is C19H22FNO2S. The van der Waals surface area contributed by atoms with Crippen LogP contribution in [0.5, 0.6) is 5.75 Å². The van der Waals surface area contributed by atoms with E-state index in [-0.39, 0.29) is 17.8 Å². The van der Waals surface area contributed by atoms with E-state index in [1.54, 1.807) is 12.1 Å². The van der Waals surface area contributed by atoms with E-state index in [1.165, 1.54) is 23.9 Å². The summed E-state index contributed by atoms with van der Waals surface area (Å²) in [4.78, 5) is 11.9. The Labute approximate surface area is 146 Å². The summed E-state index contributed by atoms with van der Waals surface area (Å²) in [6.07, 6.45) is 0. The first-order chi connectivity index (χ1) is 11.6. The van der Waals surface area contributed by atoms with Crippen LogP contribution in [-0.4, -0.2) is 24.0 Å². The first-order valence-corrected chi connectivity index (χ1v) is 9.02. The Kier molecular flexibility index (Phi) is 7.12. The monoisotopic (exact) mass is 347 g/mol. The zero-order valence-electron chi connectivity index (χ0n) is 13.9. The van der Waals surface area contributed by atoms with E-state index in [9.17, 15) is 9.18 Å². The van der Waals surface area contributed by atoms with E-state index < -0.39 is 0 Å². The van der Waals surface area contributed by atoms with Crippen LogP contribution in [0.1, 0.15) is 24.1 Å². The highest BCUT2D eigenvalue weighted by Crippen LogP contribution is 2.17. The standard InChI is InChI=1S/C19H22FNO2S/c1-14-5-3-4-6-18(14)23-11-12-24-13-19(22)21-15(2)16-7-9-17(20)10-8-16/h3-10,15H,11-13H2,1-2H3,(H,21,22). The number of para-hydroxylation sites is 1. The number of hydrogen-bond acceptors (Lipinski definition) is 3. The first kappa shape index (κ1) is 18.3. The third-order valence-electron chi connectivity index (χ3n) is 3.56. The lowest BCUT2D eigenvalue weighted by Gasteiger charge is -2.14. The fourth-order valence-electron chi connectivity index (χ4n) is 2.21. The number of nitrogens with one attached hydrogen (secondary N) is 1. The average Bonchev–Trinajstić information content (AvgIpc) is 2.56. The van der Waals surface area contributed by atoms with E-state index >= 15 is 0 Å². The molecule has 0 spiro atoms. The van der Waals surface area contributed by atoms with E-state index in [1.807, 2.05) is 38.1 Å². The van der Waals surface area contributed by atoms with Gasteiger partial charge < -0.3 is 10.1 Å². The van der Waals surface area contributed by atoms with Crippen LogP contribution >= 0.6 is 11.8 Å². The smallest absolute Gasteiger partial charge is 0.230 e. The predicted octanol–water partition coefficient (Wildman–Crippen LogP) is 4.12. The van der Waals surface area contributed by atoms with Crippen LogP contribution in [0, 0.1) is 12.7 Å². The molecule has 0 heterocycles. The molecule has 1 atom stereocenters. The maximum atomic E-state index is 12.9. The number of hydrogen-bond donors (Lipinski definition) is 1. The minimum Gasteiger partial charge on any atom is -0.492 e. The predicted molar refractivity (Wildman–Crippen MR) is 97.0 cm³/mol. The summed E-state index contributed by atoms with van der Waals surface area (Å²) in [5, 5.41) is 2.91. The van der Waals surface area contributed by atoms with Crippen LogP contribution in [0.15, 0.2) is 48.5 Å². The molecule has 2 rings (SSSR count). The quantitative estimate of drug-likeness (QED) is 0.730. The van der Waals surface area contributed by atoms with Gasteiger partial charge in [-0.25, -0.2) is 4.39 Å². The molecule has 0 saturated heterocycles. The van der Waals surface area contributed by atoms with E-state index in [0.29, 0.717) is 12.4 Å². The third kappa shape index (κ3) is 5.89. The van der Waals surface area contributed by atoms with Crippen LogP contribution < -0.4 is 10.1 Å². The Morgan fingerprint density at radius 1 is 1.21 bits per heavy atom. The van der Waals surface area contributed by atoms with Gasteiger partial charge in [-0.1, -0.05) is 30.3 Å². The Morgan fingerprint density at radius 2 is 1.92 bits per heavy atom. The second kappa shape index (κ2) is 9.33. The van der Waals surface area contributed by atoms with Gasteiger partial charge in [0.05, 0.1) is 18.4 Å². The van der Waals surface area contributed by atoms with Crippen molar-refractivity contribution >= 4 is 17.7 Å². The van der Waals surface area contributed by atoms with Crippen molar-refractivity contribution in [3.05, 3.63) is 65.5 Å². The maximum absolute atomic E-state index is 12.9. The lowest BCUT2D eigenvalue weighted by atomic mass is 10.1. The Morgan fingerprint density at radius 3 is 2.62 bits per heavy atom. The summed E-state index contributed by atoms with van der Waals surface area (Å²) in [6, 6.07) is 13.9. The van der Waals surface area contributed by atoms with Crippen molar-refractivity contribution < 1.29 is 13.9 Å². The van der Waals surface area contributed by atoms with Crippen molar-refractivity contribution in [3.63, 3.8) is 0 Å². The molecule has 3 nitrogen and oxygen atoms in total. The summed E-state index contributed by atoms with van der Waals surface area (Å²) < 4.78 is 18.6. The van der Waals surface area contributed by atoms with Gasteiger partial charge in [-0.3, -0.25) is 4.79 Å². The maximum Gasteiger partial charge on any atom is 0.230 e. The molecule has 0 aliphatic heterocycles. The van der Waals surface area contributed by atoms with Crippen LogP contribution in [0.4, 0.5) is 4.39 Å². The van der Waals surface area contributed by atoms with Gasteiger partial charge in [-0.05, 0) is 43.2 Å². The third-order valence-corrected chi connectivity index (χ3v) is 4.48. The highest BCUT2D eigenvalue weighted by atomic mass is 32.2. The van der Waals surface area contributed by atoms with Gasteiger partial charge in [-0.2, -0.15) is 0 Å². The Bertz CT molecular complexity index is 661. The molecule has 1 unspecified atom stereocenters. The van der Waals surface area contributed by atoms with Gasteiger partial charge in [0.1, 0.15) is 11.6 Å². The van der Waals surface area contributed by atoms with Gasteiger partial charge in [0.25, 0.3) is 0 Å². The van der Waals surface area contributed by atoms with Gasteiger partial charge >= 0.3 is 0 Å². The Hall–Kier alpha value is -2.01. The highest BCUT2D eigenvalue weighted by Gasteiger charge is 2.09. The van der Waals surface area contributed by atoms with Crippen LogP contribution in [0.3, 0.4) is 0 Å². The van der Waals surface area contributed by atoms with Crippen LogP contribution in [-0.2, 0) is 4.79 Å². The number of ether oxygens (including phenoxy) is 1. The van der Waals surface area contributed by atoms with Gasteiger partial charge in [0.2, 0.25) is 5.91 Å². The minimum atomic E-state index is -0.276. The molecule has 128 valence electrons. The molecular weight excluding hydrogens is 325 g/mol. The van der Waals surface area contributed by atoms with Gasteiger partial charge in [0.15, 0.2) is 0 Å². The normalized spacial score (nSPS) is 11.8. The summed E-state index contributed by atoms with van der Waals surface area (Å²) in [7, 11) is 0. The van der Waals surface area contributed by atoms with Crippen molar-refractivity contribution in [2.75, 3.05) is 18.1 Å². The molecule has 24 heavy (non-hydrogen) atoms. The highest BCUT2D eigenvalue weighted by molar-refractivity contribution is 7.99. The lowest BCUT2D eigenvalue weighted by Crippen LogP contribution is -2.28. The molecule has 1 amide bonds. The second-order valence-corrected chi connectivity index (χ2v) is 6.61. The van der Waals surface area contributed by atoms with Crippen molar-refractivity contribution in [1.82, 2.24) is 5.32 Å². The SMILES string of the molecule is Cc1ccccc1OCCSCC(=O)NC(C)c1ccc(F)cc1. The zero-order valence-corrected chi connectivity index (χ0v) is 14.7. The second-order valence-electron chi connectivity index (χ2n) is 5.51. The lowest BCUT2D eigenvalue weighted by molar-refractivity contribution is -0.119. The zero-order chi connectivity index (χ0) is 17.4. The summed E-state index contributed by atoms with van der Waals surface area (Å²) in [5.41, 5.74) is 1.99. The number of thioether (sulfide) groups is 1. The number of amides is 1. The first-order valence-electron chi connectivity index (χ1n) is 7.87. The summed E-state index contributed by atoms with van der Waals surface area (Å²) in [6.45, 7) is 4.46. The number of benzene rings is 2. The summed E-state index contributed by atoms with van der Waals surface area (Å²) in [5.74, 6) is 1.69. The van der Waals surface area contributed by atoms with E-state index in [4.69, 9.17) is 4.74 Å². The molecule has 0 fully saturated rings. The largest absolute Gasteiger partial charge is 0.492 e. The van der Waals surface area contributed by atoms with E-state index in [2.05, 4.69) is 5.32 Å². The fourth-order valence-corrected chi connectivity index (χ4v) is 2.83. The Balaban J connectivity index is 1.64. The molecule has 5 heteroatoms. The van der Waals surface area contributed by atoms with Crippen molar-refractivity contribution in [3.8, 4) is 5.75 Å². The van der Waals surface area contributed by atoms with Crippen LogP contribution in [0.25, 0.3) is 0 Å². The molecule has 0 aliphatic carbocycles.